The van der Waals surface area contributed by atoms with Crippen LogP contribution in [0.25, 0.3) is 0 Å². The second kappa shape index (κ2) is 4.90. The highest BCUT2D eigenvalue weighted by molar-refractivity contribution is 6.33. The summed E-state index contributed by atoms with van der Waals surface area (Å²) in [7, 11) is 0. The van der Waals surface area contributed by atoms with Crippen LogP contribution in [0.3, 0.4) is 0 Å². The van der Waals surface area contributed by atoms with Gasteiger partial charge in [0.1, 0.15) is 5.82 Å². The minimum absolute atomic E-state index is 0.308. The van der Waals surface area contributed by atoms with Crippen molar-refractivity contribution in [2.24, 2.45) is 4.99 Å². The van der Waals surface area contributed by atoms with Crippen LogP contribution in [0.2, 0.25) is 5.02 Å². The first-order valence-electron chi connectivity index (χ1n) is 4.80. The smallest absolute Gasteiger partial charge is 0.148 e. The largest absolute Gasteiger partial charge is 0.253 e. The fourth-order valence-corrected chi connectivity index (χ4v) is 1.46. The maximum Gasteiger partial charge on any atom is 0.148 e. The molecule has 80 valence electrons. The maximum absolute atomic E-state index is 13.2. The molecule has 0 saturated carbocycles. The summed E-state index contributed by atoms with van der Waals surface area (Å²) in [5.41, 5.74) is 1.08. The average molecular weight is 234 g/mol. The van der Waals surface area contributed by atoms with Crippen LogP contribution in [0.4, 0.5) is 10.1 Å². The van der Waals surface area contributed by atoms with Crippen molar-refractivity contribution in [2.75, 3.05) is 0 Å². The molecule has 0 aromatic heterocycles. The van der Waals surface area contributed by atoms with E-state index in [0.717, 1.165) is 5.56 Å². The summed E-state index contributed by atoms with van der Waals surface area (Å²) < 4.78 is 13.2. The van der Waals surface area contributed by atoms with E-state index >= 15 is 0 Å². The lowest BCUT2D eigenvalue weighted by molar-refractivity contribution is 0.630. The monoisotopic (exact) mass is 233 g/mol. The van der Waals surface area contributed by atoms with Gasteiger partial charge in [-0.15, -0.1) is 0 Å². The Hall–Kier alpha value is -1.67. The Morgan fingerprint density at radius 2 is 1.69 bits per heavy atom. The van der Waals surface area contributed by atoms with Gasteiger partial charge >= 0.3 is 0 Å². The van der Waals surface area contributed by atoms with E-state index < -0.39 is 0 Å². The number of rotatable bonds is 2. The van der Waals surface area contributed by atoms with Crippen molar-refractivity contribution in [3.63, 3.8) is 0 Å². The van der Waals surface area contributed by atoms with Gasteiger partial charge in [-0.05, 0) is 18.2 Å². The first-order chi connectivity index (χ1) is 7.77. The predicted octanol–water partition coefficient (Wildman–Crippen LogP) is 4.23. The number of halogens is 2. The highest BCUT2D eigenvalue weighted by atomic mass is 35.5. The van der Waals surface area contributed by atoms with Crippen LogP contribution < -0.4 is 0 Å². The van der Waals surface area contributed by atoms with Gasteiger partial charge in [-0.1, -0.05) is 41.9 Å². The molecule has 0 atom stereocenters. The molecule has 0 aliphatic rings. The topological polar surface area (TPSA) is 12.4 Å². The lowest BCUT2D eigenvalue weighted by Gasteiger charge is -1.97. The molecule has 0 fully saturated rings. The molecular formula is C13H9ClFN. The van der Waals surface area contributed by atoms with Gasteiger partial charge in [0.25, 0.3) is 0 Å². The fourth-order valence-electron chi connectivity index (χ4n) is 1.28. The third-order valence-electron chi connectivity index (χ3n) is 2.10. The van der Waals surface area contributed by atoms with E-state index in [9.17, 15) is 4.39 Å². The first kappa shape index (κ1) is 10.8. The molecule has 1 nitrogen and oxygen atoms in total. The third kappa shape index (κ3) is 2.47. The molecule has 0 unspecified atom stereocenters. The minimum Gasteiger partial charge on any atom is -0.253 e. The number of para-hydroxylation sites is 1. The summed E-state index contributed by atoms with van der Waals surface area (Å²) in [5.74, 6) is -0.342. The van der Waals surface area contributed by atoms with E-state index in [2.05, 4.69) is 4.99 Å². The van der Waals surface area contributed by atoms with E-state index in [0.29, 0.717) is 10.7 Å². The molecule has 0 heterocycles. The van der Waals surface area contributed by atoms with Gasteiger partial charge in [-0.3, -0.25) is 4.99 Å². The molecule has 0 radical (unpaired) electrons. The second-order valence-corrected chi connectivity index (χ2v) is 3.64. The van der Waals surface area contributed by atoms with E-state index in [1.807, 2.05) is 18.2 Å². The van der Waals surface area contributed by atoms with Gasteiger partial charge in [-0.25, -0.2) is 4.39 Å². The minimum atomic E-state index is -0.342. The van der Waals surface area contributed by atoms with Crippen LogP contribution in [-0.4, -0.2) is 6.21 Å². The summed E-state index contributed by atoms with van der Waals surface area (Å²) >= 11 is 5.95. The summed E-state index contributed by atoms with van der Waals surface area (Å²) in [6.07, 6.45) is 1.56. The van der Waals surface area contributed by atoms with Crippen molar-refractivity contribution in [3.05, 3.63) is 64.9 Å². The summed E-state index contributed by atoms with van der Waals surface area (Å²) in [5, 5.41) is 0.600. The van der Waals surface area contributed by atoms with Crippen LogP contribution in [0.15, 0.2) is 53.5 Å². The van der Waals surface area contributed by atoms with Gasteiger partial charge in [0.15, 0.2) is 0 Å². The summed E-state index contributed by atoms with van der Waals surface area (Å²) in [6, 6.07) is 13.6. The molecule has 3 heteroatoms. The Labute approximate surface area is 98.2 Å². The summed E-state index contributed by atoms with van der Waals surface area (Å²) in [4.78, 5) is 4.05. The number of hydrogen-bond donors (Lipinski definition) is 0. The van der Waals surface area contributed by atoms with Crippen LogP contribution in [-0.2, 0) is 0 Å². The number of aliphatic imine (C=N–C) groups is 1. The van der Waals surface area contributed by atoms with E-state index in [-0.39, 0.29) is 5.82 Å². The van der Waals surface area contributed by atoms with E-state index in [4.69, 9.17) is 11.6 Å². The molecule has 0 bridgehead atoms. The zero-order chi connectivity index (χ0) is 11.4. The molecule has 0 aliphatic heterocycles. The molecule has 0 amide bonds. The molecule has 2 aromatic rings. The van der Waals surface area contributed by atoms with Gasteiger partial charge in [0, 0.05) is 16.8 Å². The van der Waals surface area contributed by atoms with E-state index in [1.165, 1.54) is 6.07 Å². The lowest BCUT2D eigenvalue weighted by Crippen LogP contribution is -1.82. The number of hydrogen-bond acceptors (Lipinski definition) is 1. The maximum atomic E-state index is 13.2. The van der Waals surface area contributed by atoms with Crippen LogP contribution in [0.5, 0.6) is 0 Å². The van der Waals surface area contributed by atoms with E-state index in [1.54, 1.807) is 30.5 Å². The third-order valence-corrected chi connectivity index (χ3v) is 2.44. The molecular weight excluding hydrogens is 225 g/mol. The molecule has 0 saturated heterocycles. The molecule has 16 heavy (non-hydrogen) atoms. The standard InChI is InChI=1S/C13H9ClFN/c14-11-6-2-1-5-10(11)9-16-13-8-4-3-7-12(13)15/h1-9H. The fraction of sp³-hybridized carbons (Fsp3) is 0. The SMILES string of the molecule is Fc1ccccc1N=Cc1ccccc1Cl. The van der Waals surface area contributed by atoms with Gasteiger partial charge < -0.3 is 0 Å². The van der Waals surface area contributed by atoms with Crippen molar-refractivity contribution in [3.8, 4) is 0 Å². The second-order valence-electron chi connectivity index (χ2n) is 3.23. The summed E-state index contributed by atoms with van der Waals surface area (Å²) in [6.45, 7) is 0. The van der Waals surface area contributed by atoms with Gasteiger partial charge in [-0.2, -0.15) is 0 Å². The van der Waals surface area contributed by atoms with Crippen molar-refractivity contribution in [1.82, 2.24) is 0 Å². The Balaban J connectivity index is 2.29. The Kier molecular flexibility index (Phi) is 3.32. The van der Waals surface area contributed by atoms with Crippen LogP contribution in [0, 0.1) is 5.82 Å². The number of benzene rings is 2. The van der Waals surface area contributed by atoms with Gasteiger partial charge in [0.2, 0.25) is 0 Å². The van der Waals surface area contributed by atoms with Crippen LogP contribution in [0.1, 0.15) is 5.56 Å². The van der Waals surface area contributed by atoms with Crippen molar-refractivity contribution < 1.29 is 4.39 Å². The Morgan fingerprint density at radius 1 is 1.00 bits per heavy atom. The lowest BCUT2D eigenvalue weighted by atomic mass is 10.2. The van der Waals surface area contributed by atoms with Gasteiger partial charge in [0.05, 0.1) is 5.69 Å². The molecule has 0 spiro atoms. The number of nitrogens with zero attached hydrogens (tertiary/aromatic N) is 1. The molecule has 2 rings (SSSR count). The normalized spacial score (nSPS) is 10.9. The average Bonchev–Trinajstić information content (AvgIpc) is 2.30. The van der Waals surface area contributed by atoms with Crippen molar-refractivity contribution in [1.29, 1.82) is 0 Å². The molecule has 0 aliphatic carbocycles. The quantitative estimate of drug-likeness (QED) is 0.689. The zero-order valence-electron chi connectivity index (χ0n) is 8.40. The Morgan fingerprint density at radius 3 is 2.44 bits per heavy atom. The highest BCUT2D eigenvalue weighted by Gasteiger charge is 1.98. The van der Waals surface area contributed by atoms with Crippen molar-refractivity contribution in [2.45, 2.75) is 0 Å². The Bertz CT molecular complexity index is 475. The first-order valence-corrected chi connectivity index (χ1v) is 5.18. The molecule has 2 aromatic carbocycles. The van der Waals surface area contributed by atoms with Crippen molar-refractivity contribution >= 4 is 23.5 Å². The molecule has 0 N–H and O–H groups in total. The van der Waals surface area contributed by atoms with Crippen LogP contribution >= 0.6 is 11.6 Å². The zero-order valence-corrected chi connectivity index (χ0v) is 9.16. The predicted molar refractivity (Wildman–Crippen MR) is 65.1 cm³/mol. The highest BCUT2D eigenvalue weighted by Crippen LogP contribution is 2.18.